The van der Waals surface area contributed by atoms with Gasteiger partial charge in [-0.2, -0.15) is 0 Å². The van der Waals surface area contributed by atoms with E-state index in [1.54, 1.807) is 30.3 Å². The smallest absolute Gasteiger partial charge is 0.306 e. The zero-order valence-electron chi connectivity index (χ0n) is 16.4. The highest BCUT2D eigenvalue weighted by Gasteiger charge is 2.13. The lowest BCUT2D eigenvalue weighted by molar-refractivity contribution is -0.148. The average molecular weight is 432 g/mol. The Balaban J connectivity index is 1.67. The van der Waals surface area contributed by atoms with E-state index >= 15 is 0 Å². The first-order chi connectivity index (χ1) is 14.4. The van der Waals surface area contributed by atoms with Crippen LogP contribution in [0.1, 0.15) is 35.7 Å². The highest BCUT2D eigenvalue weighted by Crippen LogP contribution is 2.15. The summed E-state index contributed by atoms with van der Waals surface area (Å²) in [4.78, 5) is 47.4. The number of nitrogens with one attached hydrogen (secondary N) is 3. The van der Waals surface area contributed by atoms with Crippen LogP contribution in [0, 0.1) is 0 Å². The van der Waals surface area contributed by atoms with Crippen LogP contribution in [0.3, 0.4) is 0 Å². The molecule has 0 radical (unpaired) electrons. The Hall–Kier alpha value is -3.39. The number of carbonyl (C=O) groups excluding carboxylic acids is 4. The van der Waals surface area contributed by atoms with Gasteiger partial charge in [-0.05, 0) is 30.2 Å². The van der Waals surface area contributed by atoms with Gasteiger partial charge in [-0.1, -0.05) is 48.9 Å². The second kappa shape index (κ2) is 11.6. The number of anilines is 1. The van der Waals surface area contributed by atoms with E-state index < -0.39 is 30.3 Å². The number of benzene rings is 2. The zero-order chi connectivity index (χ0) is 21.9. The summed E-state index contributed by atoms with van der Waals surface area (Å²) in [6.07, 6.45) is 0.285. The average Bonchev–Trinajstić information content (AvgIpc) is 2.75. The highest BCUT2D eigenvalue weighted by atomic mass is 35.5. The molecule has 2 aromatic rings. The fraction of sp³-hybridized carbons (Fsp3) is 0.238. The Bertz CT molecular complexity index is 932. The molecule has 3 amide bonds. The largest absolute Gasteiger partial charge is 0.456 e. The van der Waals surface area contributed by atoms with Crippen molar-refractivity contribution in [3.05, 3.63) is 64.7 Å². The second-order valence-corrected chi connectivity index (χ2v) is 6.61. The molecule has 0 aliphatic rings. The van der Waals surface area contributed by atoms with Gasteiger partial charge in [-0.15, -0.1) is 0 Å². The van der Waals surface area contributed by atoms with Crippen molar-refractivity contribution in [2.24, 2.45) is 0 Å². The molecular weight excluding hydrogens is 410 g/mol. The number of amides is 3. The molecule has 30 heavy (non-hydrogen) atoms. The van der Waals surface area contributed by atoms with Crippen molar-refractivity contribution in [2.45, 2.75) is 26.2 Å². The molecule has 2 rings (SSSR count). The summed E-state index contributed by atoms with van der Waals surface area (Å²) in [5.74, 6) is -2.35. The van der Waals surface area contributed by atoms with Crippen LogP contribution in [0.5, 0.6) is 0 Å². The van der Waals surface area contributed by atoms with Crippen LogP contribution in [0.25, 0.3) is 0 Å². The number of halogens is 1. The fourth-order valence-electron chi connectivity index (χ4n) is 2.47. The summed E-state index contributed by atoms with van der Waals surface area (Å²) in [5.41, 5.74) is 6.23. The van der Waals surface area contributed by atoms with Gasteiger partial charge in [-0.25, -0.2) is 0 Å². The molecule has 0 aromatic heterocycles. The van der Waals surface area contributed by atoms with E-state index in [1.807, 2.05) is 19.1 Å². The maximum absolute atomic E-state index is 11.9. The van der Waals surface area contributed by atoms with Gasteiger partial charge < -0.3 is 10.1 Å². The first-order valence-electron chi connectivity index (χ1n) is 9.27. The van der Waals surface area contributed by atoms with Crippen molar-refractivity contribution in [1.82, 2.24) is 10.9 Å². The van der Waals surface area contributed by atoms with E-state index in [2.05, 4.69) is 16.2 Å². The molecule has 2 aromatic carbocycles. The maximum atomic E-state index is 11.9. The van der Waals surface area contributed by atoms with Gasteiger partial charge in [0.2, 0.25) is 5.91 Å². The standard InChI is InChI=1S/C21H22ClN3O5/c1-2-14-7-3-6-10-17(14)23-19(27)13-30-20(28)12-11-18(26)24-25-21(29)15-8-4-5-9-16(15)22/h3-10H,2,11-13H2,1H3,(H,23,27)(H,24,26)(H,25,29). The van der Waals surface area contributed by atoms with Gasteiger partial charge in [0.25, 0.3) is 11.8 Å². The first-order valence-corrected chi connectivity index (χ1v) is 9.65. The number of rotatable bonds is 8. The lowest BCUT2D eigenvalue weighted by atomic mass is 10.1. The number of hydrogen-bond acceptors (Lipinski definition) is 5. The molecule has 0 bridgehead atoms. The molecule has 0 aliphatic heterocycles. The van der Waals surface area contributed by atoms with E-state index in [-0.39, 0.29) is 23.4 Å². The molecule has 8 nitrogen and oxygen atoms in total. The SMILES string of the molecule is CCc1ccccc1NC(=O)COC(=O)CCC(=O)NNC(=O)c1ccccc1Cl. The summed E-state index contributed by atoms with van der Waals surface area (Å²) in [5, 5.41) is 2.92. The predicted molar refractivity (Wildman–Crippen MR) is 112 cm³/mol. The molecule has 0 spiro atoms. The molecule has 0 heterocycles. The third-order valence-electron chi connectivity index (χ3n) is 4.03. The van der Waals surface area contributed by atoms with Gasteiger partial charge >= 0.3 is 5.97 Å². The van der Waals surface area contributed by atoms with Crippen molar-refractivity contribution in [3.8, 4) is 0 Å². The molecule has 9 heteroatoms. The minimum Gasteiger partial charge on any atom is -0.456 e. The van der Waals surface area contributed by atoms with Gasteiger partial charge in [0.1, 0.15) is 0 Å². The number of aryl methyl sites for hydroxylation is 1. The zero-order valence-corrected chi connectivity index (χ0v) is 17.1. The Morgan fingerprint density at radius 3 is 2.33 bits per heavy atom. The summed E-state index contributed by atoms with van der Waals surface area (Å²) in [6, 6.07) is 13.7. The van der Waals surface area contributed by atoms with Crippen LogP contribution >= 0.6 is 11.6 Å². The lowest BCUT2D eigenvalue weighted by Gasteiger charge is -2.10. The molecular formula is C21H22ClN3O5. The third kappa shape index (κ3) is 7.21. The van der Waals surface area contributed by atoms with E-state index in [4.69, 9.17) is 16.3 Å². The predicted octanol–water partition coefficient (Wildman–Crippen LogP) is 2.63. The number of ether oxygens (including phenoxy) is 1. The molecule has 3 N–H and O–H groups in total. The van der Waals surface area contributed by atoms with Crippen LogP contribution in [-0.2, 0) is 25.5 Å². The molecule has 0 unspecified atom stereocenters. The highest BCUT2D eigenvalue weighted by molar-refractivity contribution is 6.33. The van der Waals surface area contributed by atoms with E-state index in [0.717, 1.165) is 12.0 Å². The number of para-hydroxylation sites is 1. The van der Waals surface area contributed by atoms with Crippen molar-refractivity contribution in [2.75, 3.05) is 11.9 Å². The van der Waals surface area contributed by atoms with Crippen LogP contribution < -0.4 is 16.2 Å². The van der Waals surface area contributed by atoms with Crippen molar-refractivity contribution in [1.29, 1.82) is 0 Å². The number of esters is 1. The molecule has 158 valence electrons. The van der Waals surface area contributed by atoms with Gasteiger partial charge in [0.15, 0.2) is 6.61 Å². The van der Waals surface area contributed by atoms with Gasteiger partial charge in [-0.3, -0.25) is 30.0 Å². The Morgan fingerprint density at radius 2 is 1.60 bits per heavy atom. The fourth-order valence-corrected chi connectivity index (χ4v) is 2.69. The van der Waals surface area contributed by atoms with Crippen LogP contribution in [0.2, 0.25) is 5.02 Å². The molecule has 0 aliphatic carbocycles. The topological polar surface area (TPSA) is 114 Å². The maximum Gasteiger partial charge on any atom is 0.306 e. The quantitative estimate of drug-likeness (QED) is 0.439. The minimum atomic E-state index is -0.707. The van der Waals surface area contributed by atoms with Crippen molar-refractivity contribution < 1.29 is 23.9 Å². The van der Waals surface area contributed by atoms with E-state index in [1.165, 1.54) is 6.07 Å². The first kappa shape index (κ1) is 22.9. The van der Waals surface area contributed by atoms with E-state index in [9.17, 15) is 19.2 Å². The van der Waals surface area contributed by atoms with Crippen LogP contribution in [-0.4, -0.2) is 30.3 Å². The van der Waals surface area contributed by atoms with Crippen LogP contribution in [0.4, 0.5) is 5.69 Å². The molecule has 0 saturated heterocycles. The Kier molecular flexibility index (Phi) is 8.83. The number of carbonyl (C=O) groups is 4. The third-order valence-corrected chi connectivity index (χ3v) is 4.36. The van der Waals surface area contributed by atoms with Crippen LogP contribution in [0.15, 0.2) is 48.5 Å². The van der Waals surface area contributed by atoms with Crippen molar-refractivity contribution in [3.63, 3.8) is 0 Å². The van der Waals surface area contributed by atoms with Gasteiger partial charge in [0, 0.05) is 12.1 Å². The molecule has 0 atom stereocenters. The van der Waals surface area contributed by atoms with Crippen molar-refractivity contribution >= 4 is 41.0 Å². The summed E-state index contributed by atoms with van der Waals surface area (Å²) < 4.78 is 4.87. The minimum absolute atomic E-state index is 0.203. The Morgan fingerprint density at radius 1 is 0.900 bits per heavy atom. The molecule has 0 saturated carbocycles. The van der Waals surface area contributed by atoms with Gasteiger partial charge in [0.05, 0.1) is 17.0 Å². The lowest BCUT2D eigenvalue weighted by Crippen LogP contribution is -2.41. The Labute approximate surface area is 178 Å². The second-order valence-electron chi connectivity index (χ2n) is 6.20. The monoisotopic (exact) mass is 431 g/mol. The number of hydrogen-bond donors (Lipinski definition) is 3. The van der Waals surface area contributed by atoms with E-state index in [0.29, 0.717) is 5.69 Å². The summed E-state index contributed by atoms with van der Waals surface area (Å²) in [6.45, 7) is 1.51. The normalized spacial score (nSPS) is 10.1. The number of hydrazine groups is 1. The summed E-state index contributed by atoms with van der Waals surface area (Å²) >= 11 is 5.90. The summed E-state index contributed by atoms with van der Waals surface area (Å²) in [7, 11) is 0. The molecule has 0 fully saturated rings.